The lowest BCUT2D eigenvalue weighted by molar-refractivity contribution is -0.274. The SMILES string of the molecule is CCSc1cnc(-n2cncn2)nc1-c1ncc(-c2ccc(OC(F)(F)F)cc2)n1C. The van der Waals surface area contributed by atoms with Crippen LogP contribution in [0, 0.1) is 0 Å². The summed E-state index contributed by atoms with van der Waals surface area (Å²) in [6.45, 7) is 2.02. The molecule has 3 aromatic heterocycles. The van der Waals surface area contributed by atoms with Gasteiger partial charge in [0.15, 0.2) is 5.82 Å². The number of rotatable bonds is 6. The summed E-state index contributed by atoms with van der Waals surface area (Å²) in [6.07, 6.45) is 1.52. The van der Waals surface area contributed by atoms with Crippen LogP contribution in [0.2, 0.25) is 0 Å². The van der Waals surface area contributed by atoms with Crippen LogP contribution in [-0.4, -0.2) is 46.4 Å². The van der Waals surface area contributed by atoms with Crippen LogP contribution in [0.4, 0.5) is 13.2 Å². The molecule has 0 saturated carbocycles. The largest absolute Gasteiger partial charge is 0.573 e. The van der Waals surface area contributed by atoms with Gasteiger partial charge in [-0.05, 0) is 30.0 Å². The van der Waals surface area contributed by atoms with Gasteiger partial charge in [0.2, 0.25) is 0 Å². The quantitative estimate of drug-likeness (QED) is 0.411. The fourth-order valence-electron chi connectivity index (χ4n) is 2.93. The smallest absolute Gasteiger partial charge is 0.406 e. The predicted octanol–water partition coefficient (Wildman–Crippen LogP) is 4.14. The third-order valence-corrected chi connectivity index (χ3v) is 5.15. The van der Waals surface area contributed by atoms with E-state index in [1.165, 1.54) is 29.5 Å². The van der Waals surface area contributed by atoms with E-state index in [9.17, 15) is 13.2 Å². The van der Waals surface area contributed by atoms with Gasteiger partial charge in [0.1, 0.15) is 24.1 Å². The van der Waals surface area contributed by atoms with Gasteiger partial charge in [-0.1, -0.05) is 6.92 Å². The predicted molar refractivity (Wildman–Crippen MR) is 108 cm³/mol. The van der Waals surface area contributed by atoms with E-state index in [-0.39, 0.29) is 5.75 Å². The van der Waals surface area contributed by atoms with E-state index in [4.69, 9.17) is 0 Å². The number of thioether (sulfide) groups is 1. The molecule has 0 spiro atoms. The van der Waals surface area contributed by atoms with Crippen molar-refractivity contribution in [3.63, 3.8) is 0 Å². The lowest BCUT2D eigenvalue weighted by atomic mass is 10.1. The summed E-state index contributed by atoms with van der Waals surface area (Å²) in [4.78, 5) is 18.2. The van der Waals surface area contributed by atoms with Gasteiger partial charge in [-0.3, -0.25) is 0 Å². The molecule has 3 heterocycles. The Bertz CT molecular complexity index is 1170. The zero-order chi connectivity index (χ0) is 22.0. The fraction of sp³-hybridized carbons (Fsp3) is 0.211. The van der Waals surface area contributed by atoms with Crippen LogP contribution < -0.4 is 4.74 Å². The van der Waals surface area contributed by atoms with E-state index in [1.807, 2.05) is 18.5 Å². The van der Waals surface area contributed by atoms with Crippen molar-refractivity contribution in [2.45, 2.75) is 18.2 Å². The van der Waals surface area contributed by atoms with E-state index >= 15 is 0 Å². The van der Waals surface area contributed by atoms with Gasteiger partial charge < -0.3 is 9.30 Å². The Morgan fingerprint density at radius 3 is 2.52 bits per heavy atom. The second kappa shape index (κ2) is 8.38. The average molecular weight is 447 g/mol. The number of halogens is 3. The third kappa shape index (κ3) is 4.53. The molecule has 12 heteroatoms. The number of aromatic nitrogens is 7. The highest BCUT2D eigenvalue weighted by Gasteiger charge is 2.31. The van der Waals surface area contributed by atoms with Crippen molar-refractivity contribution in [3.8, 4) is 34.5 Å². The molecule has 160 valence electrons. The number of nitrogens with zero attached hydrogens (tertiary/aromatic N) is 7. The molecule has 4 aromatic rings. The second-order valence-corrected chi connectivity index (χ2v) is 7.56. The highest BCUT2D eigenvalue weighted by molar-refractivity contribution is 7.99. The number of ether oxygens (including phenoxy) is 1. The third-order valence-electron chi connectivity index (χ3n) is 4.25. The van der Waals surface area contributed by atoms with Crippen LogP contribution in [0.15, 0.2) is 54.2 Å². The number of hydrogen-bond donors (Lipinski definition) is 0. The molecule has 0 saturated heterocycles. The maximum Gasteiger partial charge on any atom is 0.573 e. The highest BCUT2D eigenvalue weighted by Crippen LogP contribution is 2.32. The van der Waals surface area contributed by atoms with E-state index < -0.39 is 6.36 Å². The van der Waals surface area contributed by atoms with Crippen molar-refractivity contribution < 1.29 is 17.9 Å². The topological polar surface area (TPSA) is 83.5 Å². The molecule has 0 bridgehead atoms. The molecule has 4 rings (SSSR count). The van der Waals surface area contributed by atoms with Gasteiger partial charge in [0.25, 0.3) is 5.95 Å². The second-order valence-electron chi connectivity index (χ2n) is 6.25. The Kier molecular flexibility index (Phi) is 5.63. The van der Waals surface area contributed by atoms with E-state index in [0.717, 1.165) is 10.6 Å². The Morgan fingerprint density at radius 2 is 1.87 bits per heavy atom. The molecule has 0 fully saturated rings. The Hall–Kier alpha value is -3.41. The summed E-state index contributed by atoms with van der Waals surface area (Å²) in [5.41, 5.74) is 2.02. The van der Waals surface area contributed by atoms with Crippen LogP contribution >= 0.6 is 11.8 Å². The number of hydrogen-bond acceptors (Lipinski definition) is 7. The summed E-state index contributed by atoms with van der Waals surface area (Å²) >= 11 is 1.58. The maximum atomic E-state index is 12.4. The van der Waals surface area contributed by atoms with Crippen LogP contribution in [-0.2, 0) is 7.05 Å². The molecule has 0 aliphatic carbocycles. The van der Waals surface area contributed by atoms with Crippen LogP contribution in [0.1, 0.15) is 6.92 Å². The zero-order valence-corrected chi connectivity index (χ0v) is 17.2. The standard InChI is InChI=1S/C19H16F3N7OS/c1-3-31-15-9-25-18(29-11-23-10-26-29)27-16(15)17-24-8-14(28(17)2)12-4-6-13(7-5-12)30-19(20,21)22/h4-11H,3H2,1-2H3. The Labute approximate surface area is 179 Å². The van der Waals surface area contributed by atoms with Crippen molar-refractivity contribution in [1.82, 2.24) is 34.3 Å². The van der Waals surface area contributed by atoms with Gasteiger partial charge in [0, 0.05) is 18.8 Å². The van der Waals surface area contributed by atoms with Crippen molar-refractivity contribution in [2.24, 2.45) is 7.05 Å². The zero-order valence-electron chi connectivity index (χ0n) is 16.4. The van der Waals surface area contributed by atoms with Gasteiger partial charge in [-0.25, -0.2) is 19.9 Å². The maximum absolute atomic E-state index is 12.4. The normalized spacial score (nSPS) is 11.6. The first kappa shape index (κ1) is 20.8. The molecular formula is C19H16F3N7OS. The van der Waals surface area contributed by atoms with Crippen LogP contribution in [0.25, 0.3) is 28.7 Å². The lowest BCUT2D eigenvalue weighted by Crippen LogP contribution is -2.16. The monoisotopic (exact) mass is 447 g/mol. The highest BCUT2D eigenvalue weighted by atomic mass is 32.2. The molecule has 0 unspecified atom stereocenters. The Balaban J connectivity index is 1.71. The van der Waals surface area contributed by atoms with Crippen molar-refractivity contribution >= 4 is 11.8 Å². The molecule has 0 radical (unpaired) electrons. The summed E-state index contributed by atoms with van der Waals surface area (Å²) in [6, 6.07) is 5.62. The molecule has 0 aliphatic rings. The molecule has 1 aromatic carbocycles. The molecule has 0 amide bonds. The minimum atomic E-state index is -4.73. The first-order chi connectivity index (χ1) is 14.9. The molecule has 0 N–H and O–H groups in total. The van der Waals surface area contributed by atoms with Crippen molar-refractivity contribution in [1.29, 1.82) is 0 Å². The summed E-state index contributed by atoms with van der Waals surface area (Å²) in [5, 5.41) is 4.06. The molecular weight excluding hydrogens is 431 g/mol. The minimum absolute atomic E-state index is 0.284. The van der Waals surface area contributed by atoms with Crippen LogP contribution in [0.3, 0.4) is 0 Å². The molecule has 0 aliphatic heterocycles. The molecule has 0 atom stereocenters. The molecule has 31 heavy (non-hydrogen) atoms. The van der Waals surface area contributed by atoms with Gasteiger partial charge in [0.05, 0.1) is 16.8 Å². The van der Waals surface area contributed by atoms with Crippen molar-refractivity contribution in [2.75, 3.05) is 5.75 Å². The van der Waals surface area contributed by atoms with Gasteiger partial charge in [-0.15, -0.1) is 24.9 Å². The van der Waals surface area contributed by atoms with E-state index in [2.05, 4.69) is 29.8 Å². The van der Waals surface area contributed by atoms with E-state index in [1.54, 1.807) is 36.3 Å². The number of alkyl halides is 3. The van der Waals surface area contributed by atoms with Crippen LogP contribution in [0.5, 0.6) is 5.75 Å². The van der Waals surface area contributed by atoms with E-state index in [0.29, 0.717) is 28.7 Å². The van der Waals surface area contributed by atoms with Crippen molar-refractivity contribution in [3.05, 3.63) is 49.3 Å². The first-order valence-electron chi connectivity index (χ1n) is 9.09. The lowest BCUT2D eigenvalue weighted by Gasteiger charge is -2.11. The summed E-state index contributed by atoms with van der Waals surface area (Å²) in [5.74, 6) is 1.47. The fourth-order valence-corrected chi connectivity index (χ4v) is 3.64. The van der Waals surface area contributed by atoms with Gasteiger partial charge in [-0.2, -0.15) is 9.78 Å². The van der Waals surface area contributed by atoms with Gasteiger partial charge >= 0.3 is 6.36 Å². The first-order valence-corrected chi connectivity index (χ1v) is 10.1. The average Bonchev–Trinajstić information content (AvgIpc) is 3.38. The number of benzene rings is 1. The summed E-state index contributed by atoms with van der Waals surface area (Å²) < 4.78 is 44.4. The number of imidazole rings is 1. The Morgan fingerprint density at radius 1 is 1.10 bits per heavy atom. The minimum Gasteiger partial charge on any atom is -0.406 e. The summed E-state index contributed by atoms with van der Waals surface area (Å²) in [7, 11) is 1.81. The molecule has 8 nitrogen and oxygen atoms in total.